The molecule has 674 valence electrons. The summed E-state index contributed by atoms with van der Waals surface area (Å²) in [5, 5.41) is 54.5. The Morgan fingerprint density at radius 2 is 0.746 bits per heavy atom. The fourth-order valence-corrected chi connectivity index (χ4v) is 18.0. The second-order valence-corrected chi connectivity index (χ2v) is 34.1. The van der Waals surface area contributed by atoms with Crippen molar-refractivity contribution in [1.82, 2.24) is 48.8 Å². The number of rotatable bonds is 23. The molecule has 7 heterocycles. The van der Waals surface area contributed by atoms with Crippen LogP contribution in [0.15, 0.2) is 346 Å². The third kappa shape index (κ3) is 22.7. The highest BCUT2D eigenvalue weighted by atomic mass is 16.3. The van der Waals surface area contributed by atoms with E-state index in [1.165, 1.54) is 12.2 Å². The van der Waals surface area contributed by atoms with Gasteiger partial charge in [-0.3, -0.25) is 38.4 Å². The topological polar surface area (TPSA) is 340 Å². The number of amides is 2. The number of piperazine rings is 1. The van der Waals surface area contributed by atoms with Crippen molar-refractivity contribution in [1.29, 1.82) is 0 Å². The molecule has 14 aromatic rings. The second kappa shape index (κ2) is 42.0. The number of nitrogens with one attached hydrogen (secondary N) is 2. The van der Waals surface area contributed by atoms with Gasteiger partial charge in [0, 0.05) is 153 Å². The number of phenols is 5. The number of carbonyl (C=O) groups is 8. The van der Waals surface area contributed by atoms with Crippen molar-refractivity contribution in [3.63, 3.8) is 0 Å². The molecule has 2 amide bonds. The number of nitrogens with zero attached hydrogens (tertiary/aromatic N) is 10. The van der Waals surface area contributed by atoms with Gasteiger partial charge in [0.2, 0.25) is 11.8 Å². The Kier molecular flexibility index (Phi) is 28.5. The summed E-state index contributed by atoms with van der Waals surface area (Å²) in [4.78, 5) is 120. The van der Waals surface area contributed by atoms with E-state index in [9.17, 15) is 63.9 Å². The van der Waals surface area contributed by atoms with Crippen molar-refractivity contribution in [2.75, 3.05) is 29.4 Å². The van der Waals surface area contributed by atoms with E-state index in [0.29, 0.717) is 88.8 Å². The highest BCUT2D eigenvalue weighted by molar-refractivity contribution is 6.20. The van der Waals surface area contributed by atoms with Crippen LogP contribution in [0.1, 0.15) is 118 Å². The maximum absolute atomic E-state index is 12.5. The van der Waals surface area contributed by atoms with Gasteiger partial charge < -0.3 is 64.2 Å². The maximum atomic E-state index is 12.5. The highest BCUT2D eigenvalue weighted by Crippen LogP contribution is 2.39. The molecule has 3 aliphatic heterocycles. The summed E-state index contributed by atoms with van der Waals surface area (Å²) in [5.41, 5.74) is 19.5. The van der Waals surface area contributed by atoms with Crippen molar-refractivity contribution < 1.29 is 63.9 Å². The zero-order valence-electron chi connectivity index (χ0n) is 73.7. The first-order valence-corrected chi connectivity index (χ1v) is 44.4. The molecule has 0 bridgehead atoms. The molecule has 20 rings (SSSR count). The average Bonchev–Trinajstić information content (AvgIpc) is 1.12. The van der Waals surface area contributed by atoms with Gasteiger partial charge in [0.05, 0.1) is 102 Å². The number of carbonyl (C=O) groups excluding carboxylic acids is 8. The first kappa shape index (κ1) is 90.9. The molecule has 3 aliphatic carbocycles. The van der Waals surface area contributed by atoms with Gasteiger partial charge in [-0.2, -0.15) is 0 Å². The SMILES string of the molecule is C=C1CC(c2c(-c3ccccc3)ncn2Cc2cccc(O)c2)C(=O)N1.C=C1CC(c2c(Cc3ccccc3)ncn2Cc2cccc(O)c2)C(=O)N1.O=C1C=C(Cc2c(-c3ccccc3)ncn2Cc2cccc(O)c2)C(=O)C1.O=C1C=C(Cc2c(Cc3ccccc3)ncn2Cc2cccc(O)c2)C(=O)C1.O=C1CC(=O)C(C2CN(c3ccccc3)CCN2c2cccc(O)c2)C1. The summed E-state index contributed by atoms with van der Waals surface area (Å²) in [6.45, 7) is 12.2. The van der Waals surface area contributed by atoms with Crippen LogP contribution in [0.4, 0.5) is 11.4 Å². The fourth-order valence-electron chi connectivity index (χ4n) is 18.0. The molecule has 4 unspecified atom stereocenters. The Morgan fingerprint density at radius 3 is 1.21 bits per heavy atom. The molecule has 3 saturated heterocycles. The van der Waals surface area contributed by atoms with Gasteiger partial charge in [-0.05, 0) is 118 Å². The summed E-state index contributed by atoms with van der Waals surface area (Å²) in [6.07, 6.45) is 13.4. The normalized spacial score (nSPS) is 16.8. The molecule has 0 spiro atoms. The van der Waals surface area contributed by atoms with Gasteiger partial charge in [-0.25, -0.2) is 19.9 Å². The number of hydrogen-bond acceptors (Lipinski definition) is 19. The van der Waals surface area contributed by atoms with E-state index in [2.05, 4.69) is 77.8 Å². The number of phenolic OH excluding ortho intramolecular Hbond substituents is 5. The third-order valence-corrected chi connectivity index (χ3v) is 24.4. The van der Waals surface area contributed by atoms with Crippen LogP contribution in [0.2, 0.25) is 0 Å². The number of Topliss-reactive ketones (excluding diaryl/α,β-unsaturated/α-hetero) is 4. The Bertz CT molecular complexity index is 6780. The zero-order valence-corrected chi connectivity index (χ0v) is 73.7. The molecule has 4 atom stereocenters. The lowest BCUT2D eigenvalue weighted by Crippen LogP contribution is -2.57. The summed E-state index contributed by atoms with van der Waals surface area (Å²) >= 11 is 0. The molecule has 10 aromatic carbocycles. The van der Waals surface area contributed by atoms with E-state index in [0.717, 1.165) is 126 Å². The van der Waals surface area contributed by atoms with Gasteiger partial charge in [0.15, 0.2) is 23.1 Å². The number of benzene rings is 10. The molecule has 7 N–H and O–H groups in total. The van der Waals surface area contributed by atoms with Crippen molar-refractivity contribution >= 4 is 57.9 Å². The highest BCUT2D eigenvalue weighted by Gasteiger charge is 2.43. The number of para-hydroxylation sites is 1. The van der Waals surface area contributed by atoms with Crippen LogP contribution in [0, 0.1) is 5.92 Å². The van der Waals surface area contributed by atoms with Crippen LogP contribution < -0.4 is 20.4 Å². The van der Waals surface area contributed by atoms with Gasteiger partial charge in [0.25, 0.3) is 0 Å². The minimum Gasteiger partial charge on any atom is -0.508 e. The predicted octanol–water partition coefficient (Wildman–Crippen LogP) is 16.0. The summed E-state index contributed by atoms with van der Waals surface area (Å²) in [6, 6.07) is 85.4. The lowest BCUT2D eigenvalue weighted by Gasteiger charge is -2.45. The Balaban J connectivity index is 0.000000122. The summed E-state index contributed by atoms with van der Waals surface area (Å²) < 4.78 is 7.95. The number of ketones is 6. The maximum Gasteiger partial charge on any atom is 0.233 e. The molecule has 0 radical (unpaired) electrons. The standard InChI is InChI=1S/C23H20N2O3.C22H21N3O2.C22H18N2O3.C21H19N3O2.C21H22N2O3/c26-19-8-4-7-17(9-19)14-25-15-24-21(10-16-5-2-1-3-6-16)22(25)12-18-11-20(27)13-23(18)28;1-15-10-19(22(27)24-15)21-20(12-16-6-3-2-4-7-16)23-14-25(21)13-17-8-5-9-18(26)11-17;25-18-8-4-5-15(9-18)13-24-14-23-22(16-6-2-1-3-7-16)20(24)11-17-10-19(26)12-21(17)27;1-14-10-18(21(26)23-14)20-19(16-7-3-2-4-8-16)22-13-24(20)12-15-6-5-9-17(25)11-15;24-17-8-4-7-16(11-17)23-10-9-22(15-5-2-1-3-6-15)14-20(23)19-12-18(25)13-21(19)26/h1-9,11,15,26H,10,12-14H2;2-9,11,14,19,26H,1,10,12-13H2,(H,24,27);1-10,14,25H,11-13H2;2-9,11,13,18,25H,1,10,12H2,(H,23,26);1-8,11,19-20,24H,9-10,12-14H2. The molecule has 25 heteroatoms. The van der Waals surface area contributed by atoms with Crippen LogP contribution in [0.5, 0.6) is 28.7 Å². The fraction of sp³-hybridized carbons (Fsp3) is 0.193. The van der Waals surface area contributed by atoms with Gasteiger partial charge in [-0.1, -0.05) is 207 Å². The lowest BCUT2D eigenvalue weighted by molar-refractivity contribution is -0.124. The number of aromatic nitrogens is 8. The number of hydrogen-bond donors (Lipinski definition) is 7. The largest absolute Gasteiger partial charge is 0.508 e. The van der Waals surface area contributed by atoms with Crippen LogP contribution >= 0.6 is 0 Å². The molecule has 4 fully saturated rings. The first-order chi connectivity index (χ1) is 65.0. The minimum atomic E-state index is -0.322. The monoisotopic (exact) mass is 1780 g/mol. The van der Waals surface area contributed by atoms with Crippen LogP contribution in [-0.4, -0.2) is 136 Å². The minimum absolute atomic E-state index is 0.0349. The molecular weight excluding hydrogens is 1690 g/mol. The third-order valence-electron chi connectivity index (χ3n) is 24.4. The van der Waals surface area contributed by atoms with E-state index in [-0.39, 0.29) is 118 Å². The van der Waals surface area contributed by atoms with E-state index < -0.39 is 0 Å². The van der Waals surface area contributed by atoms with Crippen LogP contribution in [0.3, 0.4) is 0 Å². The van der Waals surface area contributed by atoms with Crippen molar-refractivity contribution in [2.24, 2.45) is 5.92 Å². The van der Waals surface area contributed by atoms with E-state index >= 15 is 0 Å². The predicted molar refractivity (Wildman–Crippen MR) is 510 cm³/mol. The first-order valence-electron chi connectivity index (χ1n) is 44.4. The molecule has 1 saturated carbocycles. The van der Waals surface area contributed by atoms with E-state index in [1.807, 2.05) is 194 Å². The van der Waals surface area contributed by atoms with Gasteiger partial charge in [-0.15, -0.1) is 0 Å². The van der Waals surface area contributed by atoms with E-state index in [4.69, 9.17) is 0 Å². The summed E-state index contributed by atoms with van der Waals surface area (Å²) in [7, 11) is 0. The van der Waals surface area contributed by atoms with Crippen molar-refractivity contribution in [3.05, 3.63) is 414 Å². The molecule has 4 aromatic heterocycles. The smallest absolute Gasteiger partial charge is 0.233 e. The second-order valence-electron chi connectivity index (χ2n) is 34.1. The van der Waals surface area contributed by atoms with Crippen LogP contribution in [-0.2, 0) is 90.2 Å². The van der Waals surface area contributed by atoms with Crippen molar-refractivity contribution in [2.45, 2.75) is 108 Å². The number of aromatic hydroxyl groups is 5. The van der Waals surface area contributed by atoms with E-state index in [1.54, 1.807) is 98.1 Å². The average molecular weight is 1790 g/mol. The number of imidazole rings is 4. The molecular formula is C109H100N12O13. The molecule has 134 heavy (non-hydrogen) atoms. The van der Waals surface area contributed by atoms with Gasteiger partial charge in [0.1, 0.15) is 40.3 Å². The van der Waals surface area contributed by atoms with Crippen molar-refractivity contribution in [3.8, 4) is 51.3 Å². The van der Waals surface area contributed by atoms with Gasteiger partial charge >= 0.3 is 0 Å². The molecule has 6 aliphatic rings. The molecule has 25 nitrogen and oxygen atoms in total. The van der Waals surface area contributed by atoms with Crippen LogP contribution in [0.25, 0.3) is 22.5 Å². The quantitative estimate of drug-likeness (QED) is 0.0293. The Labute approximate surface area is 774 Å². The Morgan fingerprint density at radius 1 is 0.358 bits per heavy atom. The Hall–Kier alpha value is -16.4. The number of allylic oxidation sites excluding steroid dienone is 6. The summed E-state index contributed by atoms with van der Waals surface area (Å²) in [5.74, 6) is -0.344. The lowest BCUT2D eigenvalue weighted by atomic mass is 9.92. The number of anilines is 2. The zero-order chi connectivity index (χ0) is 93.3.